The van der Waals surface area contributed by atoms with Crippen LogP contribution in [0.25, 0.3) is 0 Å². The number of amides is 11. The van der Waals surface area contributed by atoms with E-state index < -0.39 is 171 Å². The zero-order chi connectivity index (χ0) is 73.3. The smallest absolute Gasteiger partial charge is 0.246 e. The number of carbonyl (C=O) groups is 11. The average Bonchev–Trinajstić information content (AvgIpc) is 0.815. The first kappa shape index (κ1) is 84.8. The molecule has 0 saturated carbocycles. The molecule has 14 atom stereocenters. The molecule has 2 aliphatic rings. The van der Waals surface area contributed by atoms with Gasteiger partial charge in [0.25, 0.3) is 0 Å². The average molecular weight is 1360 g/mol. The first-order chi connectivity index (χ1) is 43.8. The van der Waals surface area contributed by atoms with Crippen molar-refractivity contribution in [3.05, 3.63) is 12.2 Å². The van der Waals surface area contributed by atoms with E-state index in [1.54, 1.807) is 67.5 Å². The molecule has 0 unspecified atom stereocenters. The third-order valence-electron chi connectivity index (χ3n) is 18.7. The SMILES string of the molecule is C/C=C/C[C@@H](C)[C@@H](O)[C@H]1C(=O)N[C@@H](CC)C(=O)N(C)[C@H](C)C(=O)N(C)[C@@H]([C@@H](C)CN2CCN(S(C)(=O)=O)CC2)C(=O)N[C@@H](C(C)C)C(=O)N(C)[C@@H](CC(C)C)C(=O)N[C@@H](C)C(=O)N[C@H](C)C(=O)N(C)[C@@H](CC(C)C)C(=O)N(C)[C@@H](CC(C)C)C(=O)N(C)[C@@H](C(C)C)C(=O)N1C. The van der Waals surface area contributed by atoms with Crippen LogP contribution < -0.4 is 21.3 Å². The summed E-state index contributed by atoms with van der Waals surface area (Å²) in [4.78, 5) is 174. The second-order valence-electron chi connectivity index (χ2n) is 28.7. The van der Waals surface area contributed by atoms with Crippen LogP contribution >= 0.6 is 0 Å². The number of sulfonamides is 1. The Labute approximate surface area is 567 Å². The minimum atomic E-state index is -3.50. The van der Waals surface area contributed by atoms with Crippen molar-refractivity contribution < 1.29 is 66.3 Å². The van der Waals surface area contributed by atoms with Gasteiger partial charge in [-0.3, -0.25) is 52.7 Å². The van der Waals surface area contributed by atoms with Crippen molar-refractivity contribution in [2.45, 2.75) is 222 Å². The van der Waals surface area contributed by atoms with Crippen LogP contribution in [0.15, 0.2) is 12.2 Å². The molecule has 544 valence electrons. The number of allylic oxidation sites excluding steroid dienone is 2. The summed E-state index contributed by atoms with van der Waals surface area (Å²) in [5.74, 6) is -11.0. The predicted octanol–water partition coefficient (Wildman–Crippen LogP) is 1.82. The van der Waals surface area contributed by atoms with E-state index in [-0.39, 0.29) is 69.5 Å². The molecule has 11 amide bonds. The summed E-state index contributed by atoms with van der Waals surface area (Å²) >= 11 is 0. The van der Waals surface area contributed by atoms with Gasteiger partial charge in [-0.05, 0) is 101 Å². The van der Waals surface area contributed by atoms with E-state index in [4.69, 9.17) is 0 Å². The molecule has 2 heterocycles. The van der Waals surface area contributed by atoms with E-state index in [1.807, 2.05) is 46.4 Å². The third-order valence-corrected chi connectivity index (χ3v) is 20.0. The zero-order valence-electron chi connectivity index (χ0n) is 61.9. The Bertz CT molecular complexity index is 2790. The van der Waals surface area contributed by atoms with E-state index in [9.17, 15) is 37.5 Å². The quantitative estimate of drug-likeness (QED) is 0.130. The minimum absolute atomic E-state index is 0.0297. The van der Waals surface area contributed by atoms with Crippen LogP contribution in [0.3, 0.4) is 0 Å². The third kappa shape index (κ3) is 22.9. The number of aliphatic hydroxyl groups is 1. The lowest BCUT2D eigenvalue weighted by atomic mass is 9.91. The molecule has 0 radical (unpaired) electrons. The Morgan fingerprint density at radius 2 is 0.926 bits per heavy atom. The number of nitrogens with zero attached hydrogens (tertiary/aromatic N) is 9. The highest BCUT2D eigenvalue weighted by Crippen LogP contribution is 2.26. The molecule has 0 aromatic heterocycles. The van der Waals surface area contributed by atoms with Crippen LogP contribution in [0.5, 0.6) is 0 Å². The van der Waals surface area contributed by atoms with Crippen molar-refractivity contribution >= 4 is 75.0 Å². The summed E-state index contributed by atoms with van der Waals surface area (Å²) in [5, 5.41) is 23.3. The molecular formula is C67H121N13O14S. The van der Waals surface area contributed by atoms with Gasteiger partial charge in [-0.25, -0.2) is 8.42 Å². The molecule has 0 aromatic carbocycles. The van der Waals surface area contributed by atoms with Crippen molar-refractivity contribution in [2.24, 2.45) is 41.4 Å². The molecule has 2 aliphatic heterocycles. The number of rotatable bonds is 17. The summed E-state index contributed by atoms with van der Waals surface area (Å²) in [6.07, 6.45) is 3.78. The number of likely N-dealkylation sites (N-methyl/N-ethyl adjacent to an activating group) is 7. The van der Waals surface area contributed by atoms with Crippen LogP contribution in [-0.2, 0) is 62.8 Å². The maximum absolute atomic E-state index is 15.3. The summed E-state index contributed by atoms with van der Waals surface area (Å²) in [6, 6.07) is -14.3. The van der Waals surface area contributed by atoms with E-state index >= 15 is 28.8 Å². The van der Waals surface area contributed by atoms with Crippen LogP contribution in [0.4, 0.5) is 0 Å². The Hall–Kier alpha value is -6.26. The fourth-order valence-electron chi connectivity index (χ4n) is 12.6. The number of aliphatic hydroxyl groups excluding tert-OH is 1. The van der Waals surface area contributed by atoms with Gasteiger partial charge in [0, 0.05) is 82.1 Å². The number of carbonyl (C=O) groups excluding carboxylic acids is 11. The topological polar surface area (TPSA) is 319 Å². The minimum Gasteiger partial charge on any atom is -0.390 e. The van der Waals surface area contributed by atoms with Gasteiger partial charge >= 0.3 is 0 Å². The van der Waals surface area contributed by atoms with E-state index in [1.165, 1.54) is 98.9 Å². The number of hydrogen-bond donors (Lipinski definition) is 5. The van der Waals surface area contributed by atoms with E-state index in [0.717, 1.165) is 16.1 Å². The summed E-state index contributed by atoms with van der Waals surface area (Å²) in [5.41, 5.74) is 0. The van der Waals surface area contributed by atoms with Crippen LogP contribution in [0.2, 0.25) is 0 Å². The van der Waals surface area contributed by atoms with E-state index in [2.05, 4.69) is 21.3 Å². The molecule has 0 spiro atoms. The first-order valence-corrected chi connectivity index (χ1v) is 35.7. The van der Waals surface area contributed by atoms with Crippen molar-refractivity contribution in [1.82, 2.24) is 64.8 Å². The summed E-state index contributed by atoms with van der Waals surface area (Å²) in [7, 11) is 6.32. The molecular weight excluding hydrogens is 1240 g/mol. The Morgan fingerprint density at radius 3 is 1.39 bits per heavy atom. The van der Waals surface area contributed by atoms with Gasteiger partial charge < -0.3 is 65.6 Å². The predicted molar refractivity (Wildman–Crippen MR) is 366 cm³/mol. The zero-order valence-corrected chi connectivity index (χ0v) is 62.7. The van der Waals surface area contributed by atoms with Crippen molar-refractivity contribution in [2.75, 3.05) is 88.3 Å². The lowest BCUT2D eigenvalue weighted by Crippen LogP contribution is -2.64. The largest absolute Gasteiger partial charge is 0.390 e. The van der Waals surface area contributed by atoms with Gasteiger partial charge in [-0.2, -0.15) is 4.31 Å². The molecule has 0 bridgehead atoms. The fraction of sp³-hybridized carbons (Fsp3) is 0.806. The molecule has 5 N–H and O–H groups in total. The first-order valence-electron chi connectivity index (χ1n) is 33.9. The lowest BCUT2D eigenvalue weighted by Gasteiger charge is -2.41. The van der Waals surface area contributed by atoms with Crippen molar-refractivity contribution in [1.29, 1.82) is 0 Å². The molecule has 0 aromatic rings. The van der Waals surface area contributed by atoms with Crippen LogP contribution in [-0.4, -0.2) is 283 Å². The molecule has 2 saturated heterocycles. The highest BCUT2D eigenvalue weighted by molar-refractivity contribution is 7.88. The molecule has 27 nitrogen and oxygen atoms in total. The number of piperazine rings is 1. The molecule has 0 aliphatic carbocycles. The monoisotopic (exact) mass is 1360 g/mol. The van der Waals surface area contributed by atoms with Gasteiger partial charge in [0.2, 0.25) is 75.0 Å². The van der Waals surface area contributed by atoms with Crippen LogP contribution in [0, 0.1) is 41.4 Å². The molecule has 2 rings (SSSR count). The van der Waals surface area contributed by atoms with Gasteiger partial charge in [-0.15, -0.1) is 0 Å². The summed E-state index contributed by atoms with van der Waals surface area (Å²) in [6.45, 7) is 30.3. The van der Waals surface area contributed by atoms with Gasteiger partial charge in [0.05, 0.1) is 12.4 Å². The highest BCUT2D eigenvalue weighted by atomic mass is 32.2. The molecule has 95 heavy (non-hydrogen) atoms. The van der Waals surface area contributed by atoms with E-state index in [0.29, 0.717) is 13.1 Å². The lowest BCUT2D eigenvalue weighted by molar-refractivity contribution is -0.157. The maximum Gasteiger partial charge on any atom is 0.246 e. The van der Waals surface area contributed by atoms with Crippen LogP contribution in [0.1, 0.15) is 150 Å². The molecule has 2 fully saturated rings. The maximum atomic E-state index is 15.3. The second-order valence-corrected chi connectivity index (χ2v) is 30.7. The standard InChI is InChI=1S/C67H121N13O14S/c1-26-28-29-43(13)56(81)55-60(85)70-48(27-2)63(88)72(18)47(17)62(87)77(23)54(44(14)37-79-30-32-80(33-31-79)95(25,93)94)59(84)71-52(41(9)10)66(91)73(19)49(34-38(3)4)58(83)68-45(15)57(82)69-46(16)61(86)74(20)50(35-39(5)6)64(89)75(21)51(36-40(7)8)65(90)76(22)53(42(11)12)67(92)78(55)24/h26,28,38-56,81H,27,29-37H2,1-25H3,(H,68,83)(H,69,82)(H,70,85)(H,71,84)/b28-26+/t43-,44+,45+,46-,47-,48+,49+,50+,51+,52+,53+,54+,55+,56-/m1/s1. The Balaban J connectivity index is 3.06. The normalized spacial score (nSPS) is 28.0. The Kier molecular flexibility index (Phi) is 33.5. The number of hydrogen-bond acceptors (Lipinski definition) is 15. The highest BCUT2D eigenvalue weighted by Gasteiger charge is 2.47. The van der Waals surface area contributed by atoms with Crippen molar-refractivity contribution in [3.63, 3.8) is 0 Å². The second kappa shape index (κ2) is 37.5. The Morgan fingerprint density at radius 1 is 0.484 bits per heavy atom. The fourth-order valence-corrected chi connectivity index (χ4v) is 13.4. The molecule has 28 heteroatoms. The summed E-state index contributed by atoms with van der Waals surface area (Å²) < 4.78 is 26.3. The van der Waals surface area contributed by atoms with Gasteiger partial charge in [-0.1, -0.05) is 102 Å². The van der Waals surface area contributed by atoms with Gasteiger partial charge in [0.1, 0.15) is 66.5 Å². The van der Waals surface area contributed by atoms with Crippen molar-refractivity contribution in [3.8, 4) is 0 Å². The number of nitrogens with one attached hydrogen (secondary N) is 4. The van der Waals surface area contributed by atoms with Gasteiger partial charge in [0.15, 0.2) is 0 Å².